The highest BCUT2D eigenvalue weighted by Crippen LogP contribution is 2.34. The normalized spacial score (nSPS) is 17.8. The standard InChI is InChI=1S/C19H23ClN4O2/c1-3-17(25)13-5-6-15(20)14(10-13)16-11-26-8-4-7-24(16)18-9-12(2)22-19(21)23-18/h5-6,9-10,16H,3-4,7-8,11H2,1-2H3,(H2,21,22,23). The summed E-state index contributed by atoms with van der Waals surface area (Å²) in [4.78, 5) is 22.8. The average Bonchev–Trinajstić information content (AvgIpc) is 2.86. The van der Waals surface area contributed by atoms with E-state index in [2.05, 4.69) is 14.9 Å². The number of carbonyl (C=O) groups is 1. The predicted molar refractivity (Wildman–Crippen MR) is 103 cm³/mol. The fourth-order valence-corrected chi connectivity index (χ4v) is 3.45. The van der Waals surface area contributed by atoms with Gasteiger partial charge in [-0.1, -0.05) is 18.5 Å². The van der Waals surface area contributed by atoms with Crippen molar-refractivity contribution < 1.29 is 9.53 Å². The molecule has 1 aliphatic heterocycles. The lowest BCUT2D eigenvalue weighted by molar-refractivity contribution is 0.0987. The van der Waals surface area contributed by atoms with Gasteiger partial charge in [0.25, 0.3) is 0 Å². The van der Waals surface area contributed by atoms with Crippen molar-refractivity contribution in [2.75, 3.05) is 30.4 Å². The lowest BCUT2D eigenvalue weighted by Crippen LogP contribution is -2.32. The van der Waals surface area contributed by atoms with E-state index in [0.717, 1.165) is 30.0 Å². The predicted octanol–water partition coefficient (Wildman–Crippen LogP) is 3.58. The molecule has 0 radical (unpaired) electrons. The van der Waals surface area contributed by atoms with Crippen molar-refractivity contribution in [3.8, 4) is 0 Å². The fourth-order valence-electron chi connectivity index (χ4n) is 3.21. The first-order chi connectivity index (χ1) is 12.5. The van der Waals surface area contributed by atoms with Crippen LogP contribution in [0.2, 0.25) is 5.02 Å². The van der Waals surface area contributed by atoms with E-state index in [1.54, 1.807) is 12.1 Å². The number of rotatable bonds is 4. The van der Waals surface area contributed by atoms with Gasteiger partial charge in [-0.15, -0.1) is 0 Å². The minimum absolute atomic E-state index is 0.0890. The second kappa shape index (κ2) is 8.01. The Morgan fingerprint density at radius 3 is 2.92 bits per heavy atom. The molecule has 2 N–H and O–H groups in total. The van der Waals surface area contributed by atoms with E-state index in [9.17, 15) is 4.79 Å². The number of aryl methyl sites for hydroxylation is 1. The summed E-state index contributed by atoms with van der Waals surface area (Å²) >= 11 is 6.50. The van der Waals surface area contributed by atoms with Crippen LogP contribution in [-0.2, 0) is 4.74 Å². The maximum absolute atomic E-state index is 12.1. The van der Waals surface area contributed by atoms with Crippen molar-refractivity contribution in [3.05, 3.63) is 46.1 Å². The minimum Gasteiger partial charge on any atom is -0.379 e. The lowest BCUT2D eigenvalue weighted by atomic mass is 10.00. The Morgan fingerprint density at radius 2 is 2.19 bits per heavy atom. The largest absolute Gasteiger partial charge is 0.379 e. The molecule has 0 spiro atoms. The number of ether oxygens (including phenoxy) is 1. The molecule has 6 nitrogen and oxygen atoms in total. The number of nitrogens with two attached hydrogens (primary N) is 1. The lowest BCUT2D eigenvalue weighted by Gasteiger charge is -2.31. The van der Waals surface area contributed by atoms with Gasteiger partial charge in [0.05, 0.1) is 12.6 Å². The molecule has 0 amide bonds. The second-order valence-corrected chi connectivity index (χ2v) is 6.78. The summed E-state index contributed by atoms with van der Waals surface area (Å²) in [6.07, 6.45) is 1.32. The van der Waals surface area contributed by atoms with E-state index in [-0.39, 0.29) is 17.8 Å². The molecule has 0 bridgehead atoms. The molecular weight excluding hydrogens is 352 g/mol. The summed E-state index contributed by atoms with van der Waals surface area (Å²) in [6.45, 7) is 5.62. The van der Waals surface area contributed by atoms with Crippen LogP contribution < -0.4 is 10.6 Å². The Hall–Kier alpha value is -2.18. The van der Waals surface area contributed by atoms with Gasteiger partial charge in [0.15, 0.2) is 5.78 Å². The third kappa shape index (κ3) is 3.97. The van der Waals surface area contributed by atoms with Crippen molar-refractivity contribution in [3.63, 3.8) is 0 Å². The molecule has 2 heterocycles. The Labute approximate surface area is 158 Å². The van der Waals surface area contributed by atoms with Crippen LogP contribution in [0.15, 0.2) is 24.3 Å². The molecular formula is C19H23ClN4O2. The van der Waals surface area contributed by atoms with Gasteiger partial charge in [-0.05, 0) is 37.1 Å². The van der Waals surface area contributed by atoms with Gasteiger partial charge < -0.3 is 15.4 Å². The molecule has 138 valence electrons. The van der Waals surface area contributed by atoms with E-state index in [1.165, 1.54) is 0 Å². The van der Waals surface area contributed by atoms with Crippen LogP contribution >= 0.6 is 11.6 Å². The zero-order valence-corrected chi connectivity index (χ0v) is 15.8. The molecule has 3 rings (SSSR count). The van der Waals surface area contributed by atoms with Gasteiger partial charge >= 0.3 is 0 Å². The summed E-state index contributed by atoms with van der Waals surface area (Å²) < 4.78 is 5.80. The first-order valence-corrected chi connectivity index (χ1v) is 9.15. The highest BCUT2D eigenvalue weighted by atomic mass is 35.5. The molecule has 1 aromatic carbocycles. The summed E-state index contributed by atoms with van der Waals surface area (Å²) in [5, 5.41) is 0.608. The zero-order chi connectivity index (χ0) is 18.7. The summed E-state index contributed by atoms with van der Waals surface area (Å²) in [6, 6.07) is 7.18. The second-order valence-electron chi connectivity index (χ2n) is 6.38. The van der Waals surface area contributed by atoms with Gasteiger partial charge in [-0.2, -0.15) is 4.98 Å². The summed E-state index contributed by atoms with van der Waals surface area (Å²) in [5.74, 6) is 1.07. The SMILES string of the molecule is CCC(=O)c1ccc(Cl)c(C2COCCCN2c2cc(C)nc(N)n2)c1. The monoisotopic (exact) mass is 374 g/mol. The number of aromatic nitrogens is 2. The van der Waals surface area contributed by atoms with Crippen molar-refractivity contribution in [1.82, 2.24) is 9.97 Å². The quantitative estimate of drug-likeness (QED) is 0.824. The number of nitrogen functional groups attached to an aromatic ring is 1. The topological polar surface area (TPSA) is 81.3 Å². The van der Waals surface area contributed by atoms with E-state index in [1.807, 2.05) is 26.0 Å². The molecule has 1 unspecified atom stereocenters. The van der Waals surface area contributed by atoms with Crippen molar-refractivity contribution in [1.29, 1.82) is 0 Å². The zero-order valence-electron chi connectivity index (χ0n) is 15.0. The van der Waals surface area contributed by atoms with Crippen LogP contribution in [0, 0.1) is 6.92 Å². The molecule has 0 saturated carbocycles. The number of anilines is 2. The highest BCUT2D eigenvalue weighted by Gasteiger charge is 2.27. The molecule has 7 heteroatoms. The number of halogens is 1. The number of ketones is 1. The average molecular weight is 375 g/mol. The number of Topliss-reactive ketones (excluding diaryl/α,β-unsaturated/α-hetero) is 1. The van der Waals surface area contributed by atoms with Crippen molar-refractivity contribution in [2.24, 2.45) is 0 Å². The van der Waals surface area contributed by atoms with E-state index in [4.69, 9.17) is 22.1 Å². The van der Waals surface area contributed by atoms with Crippen LogP contribution in [0.3, 0.4) is 0 Å². The van der Waals surface area contributed by atoms with E-state index >= 15 is 0 Å². The molecule has 1 fully saturated rings. The minimum atomic E-state index is -0.150. The van der Waals surface area contributed by atoms with Gasteiger partial charge in [0.2, 0.25) is 5.95 Å². The Kier molecular flexibility index (Phi) is 5.74. The Bertz CT molecular complexity index is 792. The van der Waals surface area contributed by atoms with Crippen LogP contribution in [0.25, 0.3) is 0 Å². The van der Waals surface area contributed by atoms with E-state index < -0.39 is 0 Å². The maximum Gasteiger partial charge on any atom is 0.222 e. The molecule has 2 aromatic rings. The molecule has 1 saturated heterocycles. The number of nitrogens with zero attached hydrogens (tertiary/aromatic N) is 3. The number of hydrogen-bond donors (Lipinski definition) is 1. The maximum atomic E-state index is 12.1. The molecule has 1 aromatic heterocycles. The molecule has 1 aliphatic rings. The number of carbonyl (C=O) groups excluding carboxylic acids is 1. The third-order valence-corrected chi connectivity index (χ3v) is 4.83. The Morgan fingerprint density at radius 1 is 1.38 bits per heavy atom. The van der Waals surface area contributed by atoms with Crippen LogP contribution in [0.4, 0.5) is 11.8 Å². The van der Waals surface area contributed by atoms with Gasteiger partial charge in [0, 0.05) is 41.9 Å². The Balaban J connectivity index is 2.06. The fraction of sp³-hybridized carbons (Fsp3) is 0.421. The van der Waals surface area contributed by atoms with Crippen LogP contribution in [0.5, 0.6) is 0 Å². The van der Waals surface area contributed by atoms with Crippen LogP contribution in [0.1, 0.15) is 47.4 Å². The van der Waals surface area contributed by atoms with Crippen molar-refractivity contribution >= 4 is 29.2 Å². The first kappa shape index (κ1) is 18.6. The molecule has 0 aliphatic carbocycles. The van der Waals surface area contributed by atoms with Gasteiger partial charge in [0.1, 0.15) is 5.82 Å². The summed E-state index contributed by atoms with van der Waals surface area (Å²) in [5.41, 5.74) is 8.18. The number of hydrogen-bond acceptors (Lipinski definition) is 6. The summed E-state index contributed by atoms with van der Waals surface area (Å²) in [7, 11) is 0. The third-order valence-electron chi connectivity index (χ3n) is 4.49. The molecule has 26 heavy (non-hydrogen) atoms. The van der Waals surface area contributed by atoms with E-state index in [0.29, 0.717) is 30.2 Å². The highest BCUT2D eigenvalue weighted by molar-refractivity contribution is 6.31. The first-order valence-electron chi connectivity index (χ1n) is 8.77. The van der Waals surface area contributed by atoms with Crippen LogP contribution in [-0.4, -0.2) is 35.5 Å². The smallest absolute Gasteiger partial charge is 0.222 e. The number of benzene rings is 1. The van der Waals surface area contributed by atoms with Gasteiger partial charge in [-0.25, -0.2) is 4.98 Å². The van der Waals surface area contributed by atoms with Crippen molar-refractivity contribution in [2.45, 2.75) is 32.7 Å². The molecule has 1 atom stereocenters. The van der Waals surface area contributed by atoms with Gasteiger partial charge in [-0.3, -0.25) is 4.79 Å².